The summed E-state index contributed by atoms with van der Waals surface area (Å²) in [7, 11) is -3.75. The molecule has 0 saturated heterocycles. The lowest BCUT2D eigenvalue weighted by Gasteiger charge is -2.17. The minimum absolute atomic E-state index is 0.228. The van der Waals surface area contributed by atoms with Crippen molar-refractivity contribution in [1.82, 2.24) is 23.8 Å². The highest BCUT2D eigenvalue weighted by Crippen LogP contribution is 2.36. The number of benzene rings is 1. The molecule has 0 bridgehead atoms. The molecule has 32 heavy (non-hydrogen) atoms. The molecule has 8 nitrogen and oxygen atoms in total. The molecule has 3 heterocycles. The summed E-state index contributed by atoms with van der Waals surface area (Å²) in [5.74, 6) is 0.899. The molecule has 1 saturated carbocycles. The van der Waals surface area contributed by atoms with Crippen LogP contribution in [0.2, 0.25) is 0 Å². The van der Waals surface area contributed by atoms with Crippen molar-refractivity contribution in [3.63, 3.8) is 0 Å². The number of imidazole rings is 1. The van der Waals surface area contributed by atoms with E-state index in [-0.39, 0.29) is 10.9 Å². The lowest BCUT2D eigenvalue weighted by Crippen LogP contribution is -2.27. The number of hydrogen-bond donors (Lipinski definition) is 1. The van der Waals surface area contributed by atoms with Crippen LogP contribution in [0, 0.1) is 18.3 Å². The van der Waals surface area contributed by atoms with Gasteiger partial charge in [-0.15, -0.1) is 0 Å². The number of rotatable bonds is 6. The molecule has 0 aliphatic heterocycles. The Balaban J connectivity index is 1.58. The van der Waals surface area contributed by atoms with E-state index in [9.17, 15) is 8.42 Å². The van der Waals surface area contributed by atoms with Crippen molar-refractivity contribution >= 4 is 32.1 Å². The second kappa shape index (κ2) is 8.04. The average Bonchev–Trinajstić information content (AvgIpc) is 3.50. The Kier molecular flexibility index (Phi) is 5.19. The highest BCUT2D eigenvalue weighted by atomic mass is 32.2. The molecule has 164 valence electrons. The molecule has 1 aliphatic carbocycles. The number of nitriles is 1. The van der Waals surface area contributed by atoms with Gasteiger partial charge in [0.2, 0.25) is 0 Å². The molecule has 1 fully saturated rings. The summed E-state index contributed by atoms with van der Waals surface area (Å²) in [4.78, 5) is 9.42. The van der Waals surface area contributed by atoms with Gasteiger partial charge >= 0.3 is 0 Å². The molecule has 0 spiro atoms. The first-order valence-corrected chi connectivity index (χ1v) is 12.2. The molecule has 4 aromatic rings. The molecule has 9 heteroatoms. The van der Waals surface area contributed by atoms with Crippen molar-refractivity contribution < 1.29 is 8.42 Å². The van der Waals surface area contributed by atoms with Gasteiger partial charge < -0.3 is 9.88 Å². The van der Waals surface area contributed by atoms with Gasteiger partial charge in [0.05, 0.1) is 22.7 Å². The fraction of sp³-hybridized carbons (Fsp3) is 0.348. The summed E-state index contributed by atoms with van der Waals surface area (Å²) in [5.41, 5.74) is 2.10. The van der Waals surface area contributed by atoms with Gasteiger partial charge in [0.25, 0.3) is 10.0 Å². The molecule has 0 radical (unpaired) electrons. The molecule has 3 aromatic heterocycles. The summed E-state index contributed by atoms with van der Waals surface area (Å²) in [6, 6.07) is 13.0. The maximum atomic E-state index is 13.2. The van der Waals surface area contributed by atoms with Crippen molar-refractivity contribution in [3.8, 4) is 6.07 Å². The topological polar surface area (TPSA) is 106 Å². The minimum Gasteiger partial charge on any atom is -0.324 e. The molecular formula is C23H24N6O2S. The Bertz CT molecular complexity index is 1430. The molecular weight excluding hydrogens is 424 g/mol. The zero-order valence-corrected chi connectivity index (χ0v) is 18.6. The second-order valence-corrected chi connectivity index (χ2v) is 10.0. The molecule has 2 unspecified atom stereocenters. The lowest BCUT2D eigenvalue weighted by atomic mass is 10.2. The highest BCUT2D eigenvalue weighted by molar-refractivity contribution is 7.90. The van der Waals surface area contributed by atoms with Gasteiger partial charge in [-0.1, -0.05) is 18.2 Å². The lowest BCUT2D eigenvalue weighted by molar-refractivity contribution is 0.479. The quantitative estimate of drug-likeness (QED) is 0.452. The largest absolute Gasteiger partial charge is 0.324 e. The van der Waals surface area contributed by atoms with Gasteiger partial charge in [-0.05, 0) is 44.4 Å². The van der Waals surface area contributed by atoms with E-state index >= 15 is 0 Å². The summed E-state index contributed by atoms with van der Waals surface area (Å²) in [6.07, 6.45) is 6.73. The smallest absolute Gasteiger partial charge is 0.269 e. The maximum Gasteiger partial charge on any atom is 0.269 e. The van der Waals surface area contributed by atoms with Gasteiger partial charge in [0.15, 0.2) is 5.65 Å². The van der Waals surface area contributed by atoms with Crippen LogP contribution in [0.25, 0.3) is 22.1 Å². The van der Waals surface area contributed by atoms with E-state index < -0.39 is 10.0 Å². The van der Waals surface area contributed by atoms with Gasteiger partial charge in [-0.25, -0.2) is 22.4 Å². The molecule has 0 amide bonds. The first kappa shape index (κ1) is 20.7. The fourth-order valence-corrected chi connectivity index (χ4v) is 6.14. The summed E-state index contributed by atoms with van der Waals surface area (Å²) >= 11 is 0. The number of pyridine rings is 1. The third-order valence-electron chi connectivity index (χ3n) is 6.24. The normalized spacial score (nSPS) is 19.0. The number of fused-ring (bicyclic) bond motifs is 3. The van der Waals surface area contributed by atoms with E-state index in [0.717, 1.165) is 41.5 Å². The SMILES string of the molecule is Cc1nc2cnc3c(ccn3S(=O)(=O)c3ccccc3)c2n1C1CCC(NCCC#N)C1. The standard InChI is InChI=1S/C23H24N6O2S/c1-16-27-21-15-26-23-20(10-13-28(23)32(30,31)19-6-3-2-4-7-19)22(21)29(16)18-9-8-17(14-18)25-12-5-11-24/h2-4,6-7,10,13,15,17-18,25H,5,8-9,12,14H2,1H3. The van der Waals surface area contributed by atoms with Gasteiger partial charge in [0, 0.05) is 36.6 Å². The Labute approximate surface area is 186 Å². The van der Waals surface area contributed by atoms with Crippen LogP contribution < -0.4 is 5.32 Å². The zero-order valence-electron chi connectivity index (χ0n) is 17.8. The van der Waals surface area contributed by atoms with Crippen molar-refractivity contribution in [2.24, 2.45) is 0 Å². The summed E-state index contributed by atoms with van der Waals surface area (Å²) in [6.45, 7) is 2.69. The fourth-order valence-electron chi connectivity index (χ4n) is 4.82. The molecule has 1 aliphatic rings. The third kappa shape index (κ3) is 3.36. The number of hydrogen-bond acceptors (Lipinski definition) is 6. The van der Waals surface area contributed by atoms with Crippen LogP contribution in [0.15, 0.2) is 53.7 Å². The monoisotopic (exact) mass is 448 g/mol. The van der Waals surface area contributed by atoms with E-state index in [1.165, 1.54) is 3.97 Å². The predicted octanol–water partition coefficient (Wildman–Crippen LogP) is 3.53. The van der Waals surface area contributed by atoms with Gasteiger partial charge in [0.1, 0.15) is 11.3 Å². The van der Waals surface area contributed by atoms with Crippen LogP contribution in [0.4, 0.5) is 0 Å². The van der Waals surface area contributed by atoms with Crippen molar-refractivity contribution in [1.29, 1.82) is 5.26 Å². The Morgan fingerprint density at radius 3 is 2.81 bits per heavy atom. The Morgan fingerprint density at radius 2 is 2.03 bits per heavy atom. The van der Waals surface area contributed by atoms with Crippen LogP contribution in [-0.4, -0.2) is 39.5 Å². The average molecular weight is 449 g/mol. The zero-order chi connectivity index (χ0) is 22.3. The van der Waals surface area contributed by atoms with Crippen molar-refractivity contribution in [2.45, 2.75) is 49.6 Å². The van der Waals surface area contributed by atoms with E-state index in [1.807, 2.05) is 13.0 Å². The van der Waals surface area contributed by atoms with Crippen molar-refractivity contribution in [3.05, 3.63) is 54.6 Å². The Morgan fingerprint density at radius 1 is 1.22 bits per heavy atom. The van der Waals surface area contributed by atoms with Crippen LogP contribution in [0.3, 0.4) is 0 Å². The van der Waals surface area contributed by atoms with Crippen LogP contribution in [0.1, 0.15) is 37.5 Å². The van der Waals surface area contributed by atoms with Crippen LogP contribution >= 0.6 is 0 Å². The first-order valence-electron chi connectivity index (χ1n) is 10.8. The van der Waals surface area contributed by atoms with Crippen molar-refractivity contribution in [2.75, 3.05) is 6.54 Å². The number of aromatic nitrogens is 4. The second-order valence-electron chi connectivity index (χ2n) is 8.21. The van der Waals surface area contributed by atoms with E-state index in [0.29, 0.717) is 24.7 Å². The van der Waals surface area contributed by atoms with Crippen LogP contribution in [0.5, 0.6) is 0 Å². The first-order chi connectivity index (χ1) is 15.5. The summed E-state index contributed by atoms with van der Waals surface area (Å²) in [5, 5.41) is 13.0. The predicted molar refractivity (Wildman–Crippen MR) is 122 cm³/mol. The third-order valence-corrected chi connectivity index (χ3v) is 7.93. The minimum atomic E-state index is -3.75. The maximum absolute atomic E-state index is 13.2. The molecule has 1 N–H and O–H groups in total. The molecule has 5 rings (SSSR count). The molecule has 2 atom stereocenters. The Hall–Kier alpha value is -3.22. The highest BCUT2D eigenvalue weighted by Gasteiger charge is 2.29. The van der Waals surface area contributed by atoms with E-state index in [4.69, 9.17) is 10.2 Å². The van der Waals surface area contributed by atoms with E-state index in [1.54, 1.807) is 42.7 Å². The van der Waals surface area contributed by atoms with Gasteiger partial charge in [-0.3, -0.25) is 0 Å². The summed E-state index contributed by atoms with van der Waals surface area (Å²) < 4.78 is 30.0. The van der Waals surface area contributed by atoms with E-state index in [2.05, 4.69) is 20.9 Å². The number of nitrogens with one attached hydrogen (secondary N) is 1. The number of nitrogens with zero attached hydrogens (tertiary/aromatic N) is 5. The number of aryl methyl sites for hydroxylation is 1. The van der Waals surface area contributed by atoms with Gasteiger partial charge in [-0.2, -0.15) is 5.26 Å². The molecule has 1 aromatic carbocycles. The van der Waals surface area contributed by atoms with Crippen LogP contribution in [-0.2, 0) is 10.0 Å².